The first kappa shape index (κ1) is 18.9. The molecule has 0 bridgehead atoms. The molecule has 2 aromatic heterocycles. The molecule has 0 aliphatic carbocycles. The van der Waals surface area contributed by atoms with E-state index in [-0.39, 0.29) is 12.0 Å². The summed E-state index contributed by atoms with van der Waals surface area (Å²) < 4.78 is 12.4. The van der Waals surface area contributed by atoms with Crippen LogP contribution >= 0.6 is 0 Å². The first-order valence-corrected chi connectivity index (χ1v) is 9.08. The summed E-state index contributed by atoms with van der Waals surface area (Å²) in [5, 5.41) is 5.49. The van der Waals surface area contributed by atoms with Crippen LogP contribution in [0.1, 0.15) is 43.1 Å². The summed E-state index contributed by atoms with van der Waals surface area (Å²) in [7, 11) is 1.60. The molecule has 0 spiro atoms. The van der Waals surface area contributed by atoms with E-state index in [4.69, 9.17) is 14.5 Å². The Kier molecular flexibility index (Phi) is 5.44. The van der Waals surface area contributed by atoms with Gasteiger partial charge in [0.25, 0.3) is 0 Å². The second-order valence-electron chi connectivity index (χ2n) is 6.87. The van der Waals surface area contributed by atoms with Gasteiger partial charge in [-0.2, -0.15) is 5.10 Å². The van der Waals surface area contributed by atoms with E-state index < -0.39 is 0 Å². The number of esters is 1. The van der Waals surface area contributed by atoms with Gasteiger partial charge in [0.1, 0.15) is 11.5 Å². The molecule has 6 heteroatoms. The molecule has 2 heterocycles. The Hall–Kier alpha value is -2.89. The summed E-state index contributed by atoms with van der Waals surface area (Å²) in [5.41, 5.74) is 4.03. The van der Waals surface area contributed by atoms with Gasteiger partial charge in [0, 0.05) is 17.1 Å². The van der Waals surface area contributed by atoms with E-state index in [1.807, 2.05) is 17.8 Å². The Bertz CT molecular complexity index is 959. The number of hydrogen-bond acceptors (Lipinski definition) is 5. The van der Waals surface area contributed by atoms with Crippen molar-refractivity contribution in [1.29, 1.82) is 0 Å². The van der Waals surface area contributed by atoms with Crippen molar-refractivity contribution in [3.63, 3.8) is 0 Å². The molecule has 0 unspecified atom stereocenters. The van der Waals surface area contributed by atoms with E-state index in [1.165, 1.54) is 0 Å². The smallest absolute Gasteiger partial charge is 0.311 e. The van der Waals surface area contributed by atoms with E-state index >= 15 is 0 Å². The number of aromatic nitrogens is 3. The molecule has 3 aromatic rings. The highest BCUT2D eigenvalue weighted by Gasteiger charge is 2.16. The summed E-state index contributed by atoms with van der Waals surface area (Å²) in [6.45, 7) is 8.21. The molecular formula is C21H25N3O3. The van der Waals surface area contributed by atoms with Crippen molar-refractivity contribution in [2.75, 3.05) is 7.11 Å². The minimum Gasteiger partial charge on any atom is -0.497 e. The summed E-state index contributed by atoms with van der Waals surface area (Å²) >= 11 is 0. The van der Waals surface area contributed by atoms with E-state index in [0.29, 0.717) is 18.6 Å². The van der Waals surface area contributed by atoms with Gasteiger partial charge in [-0.1, -0.05) is 0 Å². The number of methoxy groups -OCH3 is 1. The van der Waals surface area contributed by atoms with Gasteiger partial charge in [0.05, 0.1) is 19.7 Å². The largest absolute Gasteiger partial charge is 0.497 e. The molecular weight excluding hydrogens is 342 g/mol. The van der Waals surface area contributed by atoms with Crippen molar-refractivity contribution in [3.05, 3.63) is 47.3 Å². The summed E-state index contributed by atoms with van der Waals surface area (Å²) in [6.07, 6.45) is 2.73. The van der Waals surface area contributed by atoms with Crippen LogP contribution in [0.15, 0.2) is 30.5 Å². The lowest BCUT2D eigenvalue weighted by Gasteiger charge is -2.12. The lowest BCUT2D eigenvalue weighted by atomic mass is 10.0. The summed E-state index contributed by atoms with van der Waals surface area (Å²) in [4.78, 5) is 17.0. The van der Waals surface area contributed by atoms with E-state index in [9.17, 15) is 4.79 Å². The molecule has 0 fully saturated rings. The maximum absolute atomic E-state index is 12.2. The number of ether oxygens (including phenoxy) is 2. The topological polar surface area (TPSA) is 66.2 Å². The SMILES string of the molecule is COc1ccc(OC(=O)CCc2c(C)nc3c(cnn3C(C)C)c2C)cc1. The predicted molar refractivity (Wildman–Crippen MR) is 104 cm³/mol. The average Bonchev–Trinajstić information content (AvgIpc) is 3.06. The van der Waals surface area contributed by atoms with Crippen LogP contribution in [0, 0.1) is 13.8 Å². The van der Waals surface area contributed by atoms with Crippen LogP contribution < -0.4 is 9.47 Å². The zero-order valence-corrected chi connectivity index (χ0v) is 16.4. The molecule has 0 aliphatic rings. The van der Waals surface area contributed by atoms with Crippen LogP contribution in [0.25, 0.3) is 11.0 Å². The quantitative estimate of drug-likeness (QED) is 0.483. The van der Waals surface area contributed by atoms with Crippen molar-refractivity contribution in [1.82, 2.24) is 14.8 Å². The van der Waals surface area contributed by atoms with Gasteiger partial charge in [0.15, 0.2) is 5.65 Å². The minimum atomic E-state index is -0.267. The molecule has 0 radical (unpaired) electrons. The number of fused-ring (bicyclic) bond motifs is 1. The Morgan fingerprint density at radius 2 is 1.81 bits per heavy atom. The molecule has 0 N–H and O–H groups in total. The molecule has 6 nitrogen and oxygen atoms in total. The third-order valence-electron chi connectivity index (χ3n) is 4.70. The van der Waals surface area contributed by atoms with Gasteiger partial charge in [-0.3, -0.25) is 4.79 Å². The van der Waals surface area contributed by atoms with Gasteiger partial charge >= 0.3 is 5.97 Å². The van der Waals surface area contributed by atoms with Crippen molar-refractivity contribution >= 4 is 17.0 Å². The summed E-state index contributed by atoms with van der Waals surface area (Å²) in [6, 6.07) is 7.23. The predicted octanol–water partition coefficient (Wildman–Crippen LogP) is 4.18. The van der Waals surface area contributed by atoms with Crippen LogP contribution in [0.4, 0.5) is 0 Å². The molecule has 0 atom stereocenters. The van der Waals surface area contributed by atoms with Gasteiger partial charge in [0.2, 0.25) is 0 Å². The van der Waals surface area contributed by atoms with Gasteiger partial charge in [-0.25, -0.2) is 9.67 Å². The zero-order chi connectivity index (χ0) is 19.6. The van der Waals surface area contributed by atoms with Gasteiger partial charge < -0.3 is 9.47 Å². The first-order chi connectivity index (χ1) is 12.9. The number of hydrogen-bond donors (Lipinski definition) is 0. The maximum atomic E-state index is 12.2. The maximum Gasteiger partial charge on any atom is 0.311 e. The third kappa shape index (κ3) is 3.94. The van der Waals surface area contributed by atoms with Crippen molar-refractivity contribution in [3.8, 4) is 11.5 Å². The van der Waals surface area contributed by atoms with Crippen LogP contribution in [0.5, 0.6) is 11.5 Å². The average molecular weight is 367 g/mol. The number of aryl methyl sites for hydroxylation is 2. The molecule has 27 heavy (non-hydrogen) atoms. The van der Waals surface area contributed by atoms with Gasteiger partial charge in [-0.05, 0) is 69.5 Å². The standard InChI is InChI=1S/C21H25N3O3/c1-13(2)24-21-19(12-22-24)14(3)18(15(4)23-21)10-11-20(25)27-17-8-6-16(26-5)7-9-17/h6-9,12-13H,10-11H2,1-5H3. The highest BCUT2D eigenvalue weighted by molar-refractivity contribution is 5.81. The fourth-order valence-corrected chi connectivity index (χ4v) is 3.19. The van der Waals surface area contributed by atoms with Crippen LogP contribution in [0.2, 0.25) is 0 Å². The highest BCUT2D eigenvalue weighted by Crippen LogP contribution is 2.25. The van der Waals surface area contributed by atoms with E-state index in [2.05, 4.69) is 25.9 Å². The van der Waals surface area contributed by atoms with Crippen LogP contribution in [-0.2, 0) is 11.2 Å². The third-order valence-corrected chi connectivity index (χ3v) is 4.70. The van der Waals surface area contributed by atoms with Crippen LogP contribution in [-0.4, -0.2) is 27.8 Å². The Morgan fingerprint density at radius 1 is 1.15 bits per heavy atom. The summed E-state index contributed by atoms with van der Waals surface area (Å²) in [5.74, 6) is 0.973. The Balaban J connectivity index is 1.73. The molecule has 0 aliphatic heterocycles. The molecule has 142 valence electrons. The van der Waals surface area contributed by atoms with Crippen molar-refractivity contribution in [2.45, 2.75) is 46.6 Å². The molecule has 0 saturated heterocycles. The number of benzene rings is 1. The molecule has 1 aromatic carbocycles. The van der Waals surface area contributed by atoms with Gasteiger partial charge in [-0.15, -0.1) is 0 Å². The number of carbonyl (C=O) groups is 1. The van der Waals surface area contributed by atoms with E-state index in [1.54, 1.807) is 31.4 Å². The normalized spacial score (nSPS) is 11.2. The monoisotopic (exact) mass is 367 g/mol. The fourth-order valence-electron chi connectivity index (χ4n) is 3.19. The molecule has 0 amide bonds. The lowest BCUT2D eigenvalue weighted by Crippen LogP contribution is -2.11. The molecule has 3 rings (SSSR count). The van der Waals surface area contributed by atoms with E-state index in [0.717, 1.165) is 33.6 Å². The highest BCUT2D eigenvalue weighted by atomic mass is 16.5. The van der Waals surface area contributed by atoms with Crippen molar-refractivity contribution < 1.29 is 14.3 Å². The fraction of sp³-hybridized carbons (Fsp3) is 0.381. The minimum absolute atomic E-state index is 0.249. The van der Waals surface area contributed by atoms with Crippen LogP contribution in [0.3, 0.4) is 0 Å². The Morgan fingerprint density at radius 3 is 2.44 bits per heavy atom. The molecule has 0 saturated carbocycles. The second-order valence-corrected chi connectivity index (χ2v) is 6.87. The lowest BCUT2D eigenvalue weighted by molar-refractivity contribution is -0.134. The second kappa shape index (κ2) is 7.78. The number of carbonyl (C=O) groups excluding carboxylic acids is 1. The first-order valence-electron chi connectivity index (χ1n) is 9.08. The zero-order valence-electron chi connectivity index (χ0n) is 16.4. The number of rotatable bonds is 6. The number of nitrogens with zero attached hydrogens (tertiary/aromatic N) is 3. The van der Waals surface area contributed by atoms with Crippen molar-refractivity contribution in [2.24, 2.45) is 0 Å². The number of pyridine rings is 1. The Labute approximate surface area is 159 Å².